The largest absolute Gasteiger partial charge is 0.467 e. The minimum absolute atomic E-state index is 0.000777. The van der Waals surface area contributed by atoms with E-state index in [0.717, 1.165) is 12.7 Å². The highest BCUT2D eigenvalue weighted by molar-refractivity contribution is 5.86. The number of hydrogen-bond donors (Lipinski definition) is 3. The fourth-order valence-electron chi connectivity index (χ4n) is 1.46. The Balaban J connectivity index is 2.61. The van der Waals surface area contributed by atoms with E-state index in [4.69, 9.17) is 4.74 Å². The minimum Gasteiger partial charge on any atom is -0.467 e. The number of carbonyl (C=O) groups is 2. The van der Waals surface area contributed by atoms with Gasteiger partial charge < -0.3 is 25.0 Å². The number of alkyl carbamates (subject to hydrolysis) is 1. The number of nitrogens with one attached hydrogen (secondary N) is 1. The number of methoxy groups -OCH3 is 1. The van der Waals surface area contributed by atoms with Crippen LogP contribution in [-0.2, 0) is 20.9 Å². The summed E-state index contributed by atoms with van der Waals surface area (Å²) in [6.45, 7) is -1.62. The summed E-state index contributed by atoms with van der Waals surface area (Å²) in [5, 5.41) is 20.5. The smallest absolute Gasteiger partial charge is 0.408 e. The maximum Gasteiger partial charge on any atom is 0.408 e. The second-order valence-corrected chi connectivity index (χ2v) is 4.08. The van der Waals surface area contributed by atoms with Crippen LogP contribution >= 0.6 is 0 Å². The zero-order valence-corrected chi connectivity index (χ0v) is 11.0. The van der Waals surface area contributed by atoms with Crippen molar-refractivity contribution in [3.63, 3.8) is 0 Å². The lowest BCUT2D eigenvalue weighted by Gasteiger charge is -2.27. The SMILES string of the molecule is COC(=O)C(CO)(CO)NC(=O)OCc1ccccc1. The molecule has 0 radical (unpaired) electrons. The second-order valence-electron chi connectivity index (χ2n) is 4.08. The molecule has 20 heavy (non-hydrogen) atoms. The Morgan fingerprint density at radius 1 is 1.20 bits per heavy atom. The number of esters is 1. The van der Waals surface area contributed by atoms with Crippen molar-refractivity contribution in [2.45, 2.75) is 12.1 Å². The summed E-state index contributed by atoms with van der Waals surface area (Å²) in [5.41, 5.74) is -1.15. The molecule has 0 aliphatic carbocycles. The van der Waals surface area contributed by atoms with Gasteiger partial charge in [0.15, 0.2) is 5.54 Å². The van der Waals surface area contributed by atoms with E-state index in [9.17, 15) is 19.8 Å². The molecule has 0 heterocycles. The van der Waals surface area contributed by atoms with E-state index in [-0.39, 0.29) is 6.61 Å². The molecule has 1 rings (SSSR count). The third-order valence-electron chi connectivity index (χ3n) is 2.67. The van der Waals surface area contributed by atoms with Crippen LogP contribution in [0.2, 0.25) is 0 Å². The molecule has 0 atom stereocenters. The number of ether oxygens (including phenoxy) is 2. The molecule has 0 bridgehead atoms. The Morgan fingerprint density at radius 2 is 1.80 bits per heavy atom. The van der Waals surface area contributed by atoms with E-state index in [0.29, 0.717) is 0 Å². The van der Waals surface area contributed by atoms with E-state index in [1.165, 1.54) is 0 Å². The highest BCUT2D eigenvalue weighted by Crippen LogP contribution is 2.07. The van der Waals surface area contributed by atoms with Gasteiger partial charge in [0.25, 0.3) is 0 Å². The van der Waals surface area contributed by atoms with Crippen molar-refractivity contribution in [2.75, 3.05) is 20.3 Å². The summed E-state index contributed by atoms with van der Waals surface area (Å²) in [7, 11) is 1.08. The first kappa shape index (κ1) is 15.9. The fourth-order valence-corrected chi connectivity index (χ4v) is 1.46. The first-order valence-corrected chi connectivity index (χ1v) is 5.87. The molecule has 1 aromatic rings. The van der Waals surface area contributed by atoms with Crippen LogP contribution in [-0.4, -0.2) is 48.1 Å². The molecule has 0 aromatic heterocycles. The summed E-state index contributed by atoms with van der Waals surface area (Å²) in [6, 6.07) is 8.93. The molecule has 0 saturated carbocycles. The third-order valence-corrected chi connectivity index (χ3v) is 2.67. The number of aliphatic hydroxyl groups excluding tert-OH is 2. The predicted molar refractivity (Wildman–Crippen MR) is 68.7 cm³/mol. The first-order valence-electron chi connectivity index (χ1n) is 5.87. The summed E-state index contributed by atoms with van der Waals surface area (Å²) in [5.74, 6) is -0.959. The van der Waals surface area contributed by atoms with Crippen molar-refractivity contribution >= 4 is 12.1 Å². The molecule has 0 aliphatic heterocycles. The molecular weight excluding hydrogens is 266 g/mol. The van der Waals surface area contributed by atoms with Crippen LogP contribution in [0.25, 0.3) is 0 Å². The van der Waals surface area contributed by atoms with Gasteiger partial charge in [-0.2, -0.15) is 0 Å². The zero-order valence-electron chi connectivity index (χ0n) is 11.0. The van der Waals surface area contributed by atoms with Gasteiger partial charge in [0.05, 0.1) is 20.3 Å². The molecule has 0 fully saturated rings. The van der Waals surface area contributed by atoms with E-state index >= 15 is 0 Å². The Kier molecular flexibility index (Phi) is 5.95. The van der Waals surface area contributed by atoms with E-state index in [1.807, 2.05) is 6.07 Å². The number of carbonyl (C=O) groups excluding carboxylic acids is 2. The molecule has 0 saturated heterocycles. The molecule has 7 heteroatoms. The fraction of sp³-hybridized carbons (Fsp3) is 0.385. The Bertz CT molecular complexity index is 443. The van der Waals surface area contributed by atoms with Crippen LogP contribution in [0.5, 0.6) is 0 Å². The van der Waals surface area contributed by atoms with E-state index in [2.05, 4.69) is 10.1 Å². The first-order chi connectivity index (χ1) is 9.57. The van der Waals surface area contributed by atoms with E-state index in [1.54, 1.807) is 24.3 Å². The summed E-state index contributed by atoms with van der Waals surface area (Å²) in [6.07, 6.45) is -0.942. The van der Waals surface area contributed by atoms with Gasteiger partial charge >= 0.3 is 12.1 Å². The molecule has 0 unspecified atom stereocenters. The quantitative estimate of drug-likeness (QED) is 0.625. The number of aliphatic hydroxyl groups is 2. The van der Waals surface area contributed by atoms with Crippen LogP contribution < -0.4 is 5.32 Å². The maximum absolute atomic E-state index is 11.6. The second kappa shape index (κ2) is 7.46. The van der Waals surface area contributed by atoms with Crippen molar-refractivity contribution in [1.29, 1.82) is 0 Å². The predicted octanol–water partition coefficient (Wildman–Crippen LogP) is -0.191. The van der Waals surface area contributed by atoms with Crippen molar-refractivity contribution in [3.8, 4) is 0 Å². The van der Waals surface area contributed by atoms with Gasteiger partial charge in [0.1, 0.15) is 6.61 Å². The van der Waals surface area contributed by atoms with Crippen molar-refractivity contribution in [1.82, 2.24) is 5.32 Å². The topological polar surface area (TPSA) is 105 Å². The van der Waals surface area contributed by atoms with Gasteiger partial charge in [-0.25, -0.2) is 9.59 Å². The lowest BCUT2D eigenvalue weighted by atomic mass is 10.0. The van der Waals surface area contributed by atoms with Crippen molar-refractivity contribution in [2.24, 2.45) is 0 Å². The Morgan fingerprint density at radius 3 is 2.30 bits per heavy atom. The summed E-state index contributed by atoms with van der Waals surface area (Å²) >= 11 is 0. The van der Waals surface area contributed by atoms with E-state index < -0.39 is 30.8 Å². The lowest BCUT2D eigenvalue weighted by molar-refractivity contribution is -0.152. The molecule has 1 aromatic carbocycles. The standard InChI is InChI=1S/C13H17NO6/c1-19-11(17)13(8-15,9-16)14-12(18)20-7-10-5-3-2-4-6-10/h2-6,15-16H,7-9H2,1H3,(H,14,18). The van der Waals surface area contributed by atoms with Crippen LogP contribution in [0.1, 0.15) is 5.56 Å². The molecule has 3 N–H and O–H groups in total. The number of hydrogen-bond acceptors (Lipinski definition) is 6. The third kappa shape index (κ3) is 3.94. The van der Waals surface area contributed by atoms with Gasteiger partial charge in [0, 0.05) is 0 Å². The highest BCUT2D eigenvalue weighted by atomic mass is 16.6. The van der Waals surface area contributed by atoms with Gasteiger partial charge in [-0.3, -0.25) is 0 Å². The molecule has 0 spiro atoms. The van der Waals surface area contributed by atoms with Gasteiger partial charge in [-0.1, -0.05) is 30.3 Å². The molecular formula is C13H17NO6. The average Bonchev–Trinajstić information content (AvgIpc) is 2.51. The molecule has 0 aliphatic rings. The zero-order chi connectivity index (χ0) is 15.0. The Hall–Kier alpha value is -2.12. The monoisotopic (exact) mass is 283 g/mol. The highest BCUT2D eigenvalue weighted by Gasteiger charge is 2.41. The van der Waals surface area contributed by atoms with Gasteiger partial charge in [-0.05, 0) is 5.56 Å². The summed E-state index contributed by atoms with van der Waals surface area (Å²) < 4.78 is 9.33. The maximum atomic E-state index is 11.6. The number of amides is 1. The van der Waals surface area contributed by atoms with Gasteiger partial charge in [-0.15, -0.1) is 0 Å². The molecule has 7 nitrogen and oxygen atoms in total. The Labute approximate surface area is 116 Å². The van der Waals surface area contributed by atoms with Crippen molar-refractivity contribution in [3.05, 3.63) is 35.9 Å². The number of rotatable bonds is 6. The lowest BCUT2D eigenvalue weighted by Crippen LogP contribution is -2.60. The summed E-state index contributed by atoms with van der Waals surface area (Å²) in [4.78, 5) is 23.1. The van der Waals surface area contributed by atoms with Crippen LogP contribution in [0.4, 0.5) is 4.79 Å². The molecule has 1 amide bonds. The van der Waals surface area contributed by atoms with Crippen LogP contribution in [0.15, 0.2) is 30.3 Å². The normalized spacial score (nSPS) is 10.8. The van der Waals surface area contributed by atoms with Crippen LogP contribution in [0.3, 0.4) is 0 Å². The minimum atomic E-state index is -1.91. The van der Waals surface area contributed by atoms with Crippen LogP contribution in [0, 0.1) is 0 Å². The number of benzene rings is 1. The molecule has 110 valence electrons. The van der Waals surface area contributed by atoms with Crippen molar-refractivity contribution < 1.29 is 29.3 Å². The van der Waals surface area contributed by atoms with Gasteiger partial charge in [0.2, 0.25) is 0 Å². The average molecular weight is 283 g/mol.